The van der Waals surface area contributed by atoms with Crippen molar-refractivity contribution in [2.75, 3.05) is 5.75 Å². The van der Waals surface area contributed by atoms with E-state index >= 15 is 0 Å². The van der Waals surface area contributed by atoms with Crippen molar-refractivity contribution in [3.05, 3.63) is 119 Å². The summed E-state index contributed by atoms with van der Waals surface area (Å²) in [6.07, 6.45) is -0.316. The average molecular weight is 582 g/mol. The predicted molar refractivity (Wildman–Crippen MR) is 160 cm³/mol. The van der Waals surface area contributed by atoms with Crippen LogP contribution < -0.4 is 5.73 Å². The Bertz CT molecular complexity index is 1630. The fourth-order valence-electron chi connectivity index (χ4n) is 4.96. The maximum Gasteiger partial charge on any atom is 0.214 e. The van der Waals surface area contributed by atoms with Crippen molar-refractivity contribution >= 4 is 11.8 Å². The maximum absolute atomic E-state index is 9.66. The Labute approximate surface area is 247 Å². The number of tetrazole rings is 1. The van der Waals surface area contributed by atoms with E-state index in [9.17, 15) is 10.2 Å². The van der Waals surface area contributed by atoms with E-state index in [1.54, 1.807) is 28.9 Å². The van der Waals surface area contributed by atoms with Gasteiger partial charge in [-0.2, -0.15) is 4.68 Å². The summed E-state index contributed by atoms with van der Waals surface area (Å²) in [6.45, 7) is 0.471. The molecule has 6 rings (SSSR count). The van der Waals surface area contributed by atoms with Crippen LogP contribution in [-0.2, 0) is 22.6 Å². The highest BCUT2D eigenvalue weighted by molar-refractivity contribution is 7.99. The van der Waals surface area contributed by atoms with Gasteiger partial charge in [0.15, 0.2) is 6.29 Å². The third kappa shape index (κ3) is 6.38. The van der Waals surface area contributed by atoms with E-state index in [1.807, 2.05) is 48.5 Å². The summed E-state index contributed by atoms with van der Waals surface area (Å²) in [5.74, 6) is 0.777. The Balaban J connectivity index is 1.25. The first-order chi connectivity index (χ1) is 20.6. The number of aromatic hydroxyl groups is 1. The van der Waals surface area contributed by atoms with Gasteiger partial charge < -0.3 is 25.4 Å². The minimum atomic E-state index is -0.586. The van der Waals surface area contributed by atoms with Crippen LogP contribution in [0.25, 0.3) is 16.8 Å². The Morgan fingerprint density at radius 1 is 0.857 bits per heavy atom. The number of hydrogen-bond acceptors (Lipinski definition) is 9. The minimum Gasteiger partial charge on any atom is -0.508 e. The van der Waals surface area contributed by atoms with Gasteiger partial charge in [-0.1, -0.05) is 72.4 Å². The van der Waals surface area contributed by atoms with Crippen LogP contribution in [0.5, 0.6) is 5.75 Å². The number of aliphatic hydroxyl groups excluding tert-OH is 1. The number of aliphatic hydroxyl groups is 1. The predicted octanol–water partition coefficient (Wildman–Crippen LogP) is 5.32. The number of nitrogens with zero attached hydrogens (tertiary/aromatic N) is 4. The molecule has 1 aliphatic heterocycles. The van der Waals surface area contributed by atoms with Crippen molar-refractivity contribution < 1.29 is 19.7 Å². The van der Waals surface area contributed by atoms with Gasteiger partial charge in [0, 0.05) is 24.3 Å². The van der Waals surface area contributed by atoms with Gasteiger partial charge in [-0.15, -0.1) is 5.10 Å². The Kier molecular flexibility index (Phi) is 8.59. The molecule has 4 N–H and O–H groups in total. The maximum atomic E-state index is 9.66. The smallest absolute Gasteiger partial charge is 0.214 e. The summed E-state index contributed by atoms with van der Waals surface area (Å²) in [4.78, 5) is 0. The van der Waals surface area contributed by atoms with Crippen LogP contribution in [0.2, 0.25) is 0 Å². The number of rotatable bonds is 9. The SMILES string of the molecule is NCc1cccc(-c2cccc([C@@H]3O[C@H](CSc4nnnn4-c4ccc(O)cc4)C[C@H](c4ccc(CO)cc4)O3)c2)c1. The molecule has 10 heteroatoms. The molecule has 4 aromatic carbocycles. The molecule has 0 unspecified atom stereocenters. The van der Waals surface area contributed by atoms with E-state index in [0.717, 1.165) is 39.1 Å². The third-order valence-electron chi connectivity index (χ3n) is 7.20. The molecule has 9 nitrogen and oxygen atoms in total. The molecular weight excluding hydrogens is 550 g/mol. The van der Waals surface area contributed by atoms with Crippen LogP contribution in [0.4, 0.5) is 0 Å². The van der Waals surface area contributed by atoms with Gasteiger partial charge in [-0.25, -0.2) is 0 Å². The lowest BCUT2D eigenvalue weighted by molar-refractivity contribution is -0.245. The molecule has 0 amide bonds. The summed E-state index contributed by atoms with van der Waals surface area (Å²) in [7, 11) is 0. The highest BCUT2D eigenvalue weighted by Crippen LogP contribution is 2.40. The largest absolute Gasteiger partial charge is 0.508 e. The van der Waals surface area contributed by atoms with Crippen molar-refractivity contribution in [3.63, 3.8) is 0 Å². The van der Waals surface area contributed by atoms with Crippen LogP contribution in [0.3, 0.4) is 0 Å². The molecule has 214 valence electrons. The van der Waals surface area contributed by atoms with Crippen molar-refractivity contribution in [2.24, 2.45) is 5.73 Å². The lowest BCUT2D eigenvalue weighted by Crippen LogP contribution is -2.31. The highest BCUT2D eigenvalue weighted by atomic mass is 32.2. The highest BCUT2D eigenvalue weighted by Gasteiger charge is 2.33. The summed E-state index contributed by atoms with van der Waals surface area (Å²) < 4.78 is 14.8. The van der Waals surface area contributed by atoms with Crippen LogP contribution in [0, 0.1) is 0 Å². The number of aromatic nitrogens is 4. The zero-order chi connectivity index (χ0) is 28.9. The monoisotopic (exact) mass is 581 g/mol. The van der Waals surface area contributed by atoms with Crippen molar-refractivity contribution in [2.45, 2.75) is 43.2 Å². The topological polar surface area (TPSA) is 129 Å². The molecule has 0 radical (unpaired) electrons. The molecule has 0 spiro atoms. The van der Waals surface area contributed by atoms with Crippen LogP contribution in [-0.4, -0.2) is 42.3 Å². The summed E-state index contributed by atoms with van der Waals surface area (Å²) in [5.41, 5.74) is 12.6. The van der Waals surface area contributed by atoms with E-state index in [-0.39, 0.29) is 24.6 Å². The Morgan fingerprint density at radius 3 is 2.38 bits per heavy atom. The minimum absolute atomic E-state index is 0.00922. The molecule has 1 aromatic heterocycles. The van der Waals surface area contributed by atoms with Gasteiger partial charge in [-0.3, -0.25) is 0 Å². The lowest BCUT2D eigenvalue weighted by Gasteiger charge is -2.36. The molecule has 0 saturated carbocycles. The second-order valence-electron chi connectivity index (χ2n) is 10.1. The van der Waals surface area contributed by atoms with Gasteiger partial charge in [0.25, 0.3) is 0 Å². The van der Waals surface area contributed by atoms with Gasteiger partial charge in [0.05, 0.1) is 24.5 Å². The molecule has 1 aliphatic rings. The Hall–Kier alpha value is -4.06. The van der Waals surface area contributed by atoms with Crippen LogP contribution in [0.15, 0.2) is 102 Å². The van der Waals surface area contributed by atoms with Crippen molar-refractivity contribution in [1.29, 1.82) is 0 Å². The number of hydrogen-bond donors (Lipinski definition) is 3. The average Bonchev–Trinajstić information content (AvgIpc) is 3.53. The number of nitrogens with two attached hydrogens (primary N) is 1. The summed E-state index contributed by atoms with van der Waals surface area (Å²) in [6, 6.07) is 31.0. The molecule has 0 aliphatic carbocycles. The van der Waals surface area contributed by atoms with Gasteiger partial charge in [0.1, 0.15) is 5.75 Å². The van der Waals surface area contributed by atoms with E-state index in [4.69, 9.17) is 15.2 Å². The molecule has 3 atom stereocenters. The van der Waals surface area contributed by atoms with E-state index in [0.29, 0.717) is 23.9 Å². The normalized spacial score (nSPS) is 18.7. The molecule has 0 bridgehead atoms. The van der Waals surface area contributed by atoms with E-state index in [1.165, 1.54) is 11.8 Å². The van der Waals surface area contributed by atoms with E-state index < -0.39 is 6.29 Å². The number of benzene rings is 4. The van der Waals surface area contributed by atoms with Gasteiger partial charge in [-0.05, 0) is 74.6 Å². The third-order valence-corrected chi connectivity index (χ3v) is 8.25. The molecule has 1 saturated heterocycles. The molecule has 1 fully saturated rings. The lowest BCUT2D eigenvalue weighted by atomic mass is 9.99. The van der Waals surface area contributed by atoms with Crippen LogP contribution >= 0.6 is 11.8 Å². The Morgan fingerprint density at radius 2 is 1.62 bits per heavy atom. The number of ether oxygens (including phenoxy) is 2. The van der Waals surface area contributed by atoms with Crippen molar-refractivity contribution in [1.82, 2.24) is 20.2 Å². The van der Waals surface area contributed by atoms with E-state index in [2.05, 4.69) is 39.8 Å². The molecule has 42 heavy (non-hydrogen) atoms. The second-order valence-corrected chi connectivity index (χ2v) is 11.1. The van der Waals surface area contributed by atoms with Gasteiger partial charge >= 0.3 is 0 Å². The van der Waals surface area contributed by atoms with Crippen molar-refractivity contribution in [3.8, 4) is 22.6 Å². The standard InChI is InChI=1S/C32H31N5O4S/c33-18-22-3-1-4-24(15-22)25-5-2-6-26(16-25)31-40-29(17-30(41-31)23-9-7-21(19-38)8-10-23)20-42-32-34-35-36-37(32)27-11-13-28(39)14-12-27/h1-16,29-31,38-39H,17-20,33H2/t29-,30+,31+/m0/s1. The molecule has 5 aromatic rings. The zero-order valence-corrected chi connectivity index (χ0v) is 23.6. The summed E-state index contributed by atoms with van der Waals surface area (Å²) in [5, 5.41) is 32.0. The second kappa shape index (κ2) is 12.8. The first-order valence-corrected chi connectivity index (χ1v) is 14.7. The van der Waals surface area contributed by atoms with Gasteiger partial charge in [0.2, 0.25) is 5.16 Å². The fourth-order valence-corrected chi connectivity index (χ4v) is 5.87. The molecule has 2 heterocycles. The van der Waals surface area contributed by atoms with Crippen LogP contribution in [0.1, 0.15) is 41.1 Å². The number of phenols is 1. The first kappa shape index (κ1) is 28.1. The first-order valence-electron chi connectivity index (χ1n) is 13.7. The summed E-state index contributed by atoms with van der Waals surface area (Å²) >= 11 is 1.50. The number of thioether (sulfide) groups is 1. The quantitative estimate of drug-likeness (QED) is 0.198. The number of phenolic OH excluding ortho intramolecular Hbond substituents is 1. The zero-order valence-electron chi connectivity index (χ0n) is 22.8. The molecular formula is C32H31N5O4S. The fraction of sp³-hybridized carbons (Fsp3) is 0.219.